The Morgan fingerprint density at radius 1 is 1.00 bits per heavy atom. The van der Waals surface area contributed by atoms with Crippen molar-refractivity contribution in [3.05, 3.63) is 52.7 Å². The first-order valence-electron chi connectivity index (χ1n) is 9.58. The molecule has 26 heavy (non-hydrogen) atoms. The molecular formula is C22H28N2O2. The Labute approximate surface area is 156 Å². The average molecular weight is 352 g/mol. The number of piperidine rings is 1. The van der Waals surface area contributed by atoms with Crippen LogP contribution in [0, 0.1) is 20.8 Å². The Morgan fingerprint density at radius 3 is 2.31 bits per heavy atom. The van der Waals surface area contributed by atoms with Crippen LogP contribution in [0.3, 0.4) is 0 Å². The molecule has 0 radical (unpaired) electrons. The number of benzene rings is 1. The maximum Gasteiger partial charge on any atom is 0.170 e. The third kappa shape index (κ3) is 3.54. The minimum absolute atomic E-state index is 0.295. The molecule has 2 saturated heterocycles. The summed E-state index contributed by atoms with van der Waals surface area (Å²) in [6.45, 7) is 11.0. The number of pyridine rings is 1. The number of ether oxygens (including phenoxy) is 2. The van der Waals surface area contributed by atoms with Gasteiger partial charge in [-0.3, -0.25) is 9.88 Å². The van der Waals surface area contributed by atoms with E-state index in [4.69, 9.17) is 9.47 Å². The van der Waals surface area contributed by atoms with Gasteiger partial charge >= 0.3 is 0 Å². The number of aryl methyl sites for hydroxylation is 2. The van der Waals surface area contributed by atoms with Gasteiger partial charge < -0.3 is 9.47 Å². The molecule has 1 aromatic heterocycles. The normalized spacial score (nSPS) is 20.0. The van der Waals surface area contributed by atoms with E-state index >= 15 is 0 Å². The predicted molar refractivity (Wildman–Crippen MR) is 103 cm³/mol. The molecule has 0 bridgehead atoms. The van der Waals surface area contributed by atoms with Crippen molar-refractivity contribution in [2.24, 2.45) is 0 Å². The van der Waals surface area contributed by atoms with Crippen molar-refractivity contribution in [1.82, 2.24) is 9.88 Å². The van der Waals surface area contributed by atoms with Gasteiger partial charge in [0.25, 0.3) is 0 Å². The van der Waals surface area contributed by atoms with Gasteiger partial charge in [0, 0.05) is 44.2 Å². The third-order valence-corrected chi connectivity index (χ3v) is 5.88. The SMILES string of the molecule is Cc1cc(-c2cc(CN3CCC4(CC3)OCCO4)ccn2)cc(C)c1C. The maximum absolute atomic E-state index is 5.83. The molecule has 2 aromatic rings. The molecule has 3 heterocycles. The Kier molecular flexibility index (Phi) is 4.82. The van der Waals surface area contributed by atoms with Crippen LogP contribution in [-0.2, 0) is 16.0 Å². The Bertz CT molecular complexity index is 763. The van der Waals surface area contributed by atoms with Gasteiger partial charge in [-0.1, -0.05) is 0 Å². The van der Waals surface area contributed by atoms with Gasteiger partial charge in [-0.2, -0.15) is 0 Å². The molecule has 2 aliphatic rings. The number of hydrogen-bond acceptors (Lipinski definition) is 4. The zero-order chi connectivity index (χ0) is 18.1. The summed E-state index contributed by atoms with van der Waals surface area (Å²) in [5.74, 6) is -0.295. The van der Waals surface area contributed by atoms with E-state index in [2.05, 4.69) is 54.9 Å². The molecule has 1 spiro atoms. The zero-order valence-electron chi connectivity index (χ0n) is 16.0. The van der Waals surface area contributed by atoms with E-state index in [1.54, 1.807) is 0 Å². The summed E-state index contributed by atoms with van der Waals surface area (Å²) in [4.78, 5) is 7.10. The third-order valence-electron chi connectivity index (χ3n) is 5.88. The number of aromatic nitrogens is 1. The lowest BCUT2D eigenvalue weighted by Gasteiger charge is -2.37. The van der Waals surface area contributed by atoms with E-state index in [9.17, 15) is 0 Å². The maximum atomic E-state index is 5.83. The standard InChI is InChI=1S/C22H28N2O2/c1-16-12-20(13-17(2)18(16)3)21-14-19(4-7-23-21)15-24-8-5-22(6-9-24)25-10-11-26-22/h4,7,12-14H,5-6,8-11,15H2,1-3H3. The van der Waals surface area contributed by atoms with Crippen molar-refractivity contribution in [2.75, 3.05) is 26.3 Å². The average Bonchev–Trinajstić information content (AvgIpc) is 3.10. The first-order chi connectivity index (χ1) is 12.5. The van der Waals surface area contributed by atoms with Crippen LogP contribution in [0.2, 0.25) is 0 Å². The smallest absolute Gasteiger partial charge is 0.170 e. The number of likely N-dealkylation sites (tertiary alicyclic amines) is 1. The summed E-state index contributed by atoms with van der Waals surface area (Å²) in [5.41, 5.74) is 7.59. The highest BCUT2D eigenvalue weighted by atomic mass is 16.7. The lowest BCUT2D eigenvalue weighted by molar-refractivity contribution is -0.185. The van der Waals surface area contributed by atoms with Gasteiger partial charge in [0.1, 0.15) is 0 Å². The molecule has 4 heteroatoms. The van der Waals surface area contributed by atoms with Gasteiger partial charge in [0.15, 0.2) is 5.79 Å². The summed E-state index contributed by atoms with van der Waals surface area (Å²) in [5, 5.41) is 0. The molecule has 2 fully saturated rings. The highest BCUT2D eigenvalue weighted by Crippen LogP contribution is 2.32. The molecule has 0 aliphatic carbocycles. The molecule has 4 rings (SSSR count). The summed E-state index contributed by atoms with van der Waals surface area (Å²) in [7, 11) is 0. The van der Waals surface area contributed by atoms with Crippen LogP contribution < -0.4 is 0 Å². The number of hydrogen-bond donors (Lipinski definition) is 0. The monoisotopic (exact) mass is 352 g/mol. The first kappa shape index (κ1) is 17.7. The molecule has 0 unspecified atom stereocenters. The molecule has 138 valence electrons. The molecule has 1 aromatic carbocycles. The van der Waals surface area contributed by atoms with Gasteiger partial charge in [-0.15, -0.1) is 0 Å². The number of rotatable bonds is 3. The van der Waals surface area contributed by atoms with Crippen LogP contribution in [0.25, 0.3) is 11.3 Å². The lowest BCUT2D eigenvalue weighted by atomic mass is 9.98. The summed E-state index contributed by atoms with van der Waals surface area (Å²) < 4.78 is 11.7. The summed E-state index contributed by atoms with van der Waals surface area (Å²) in [6.07, 6.45) is 3.85. The van der Waals surface area contributed by atoms with E-state index in [-0.39, 0.29) is 5.79 Å². The van der Waals surface area contributed by atoms with Crippen LogP contribution in [0.1, 0.15) is 35.1 Å². The van der Waals surface area contributed by atoms with Gasteiger partial charge in [0.05, 0.1) is 18.9 Å². The van der Waals surface area contributed by atoms with Crippen LogP contribution in [0.4, 0.5) is 0 Å². The molecule has 0 amide bonds. The van der Waals surface area contributed by atoms with Crippen LogP contribution in [0.15, 0.2) is 30.5 Å². The molecule has 2 aliphatic heterocycles. The highest BCUT2D eigenvalue weighted by Gasteiger charge is 2.39. The lowest BCUT2D eigenvalue weighted by Crippen LogP contribution is -2.44. The Hall–Kier alpha value is -1.75. The molecule has 0 atom stereocenters. The van der Waals surface area contributed by atoms with E-state index in [1.165, 1.54) is 27.8 Å². The molecular weight excluding hydrogens is 324 g/mol. The minimum atomic E-state index is -0.295. The highest BCUT2D eigenvalue weighted by molar-refractivity contribution is 5.63. The van der Waals surface area contributed by atoms with Crippen molar-refractivity contribution in [3.8, 4) is 11.3 Å². The van der Waals surface area contributed by atoms with Crippen molar-refractivity contribution in [2.45, 2.75) is 45.9 Å². The van der Waals surface area contributed by atoms with Crippen molar-refractivity contribution in [3.63, 3.8) is 0 Å². The second-order valence-corrected chi connectivity index (χ2v) is 7.67. The van der Waals surface area contributed by atoms with Gasteiger partial charge in [-0.05, 0) is 67.3 Å². The van der Waals surface area contributed by atoms with Crippen molar-refractivity contribution in [1.29, 1.82) is 0 Å². The quantitative estimate of drug-likeness (QED) is 0.836. The van der Waals surface area contributed by atoms with Crippen LogP contribution in [-0.4, -0.2) is 42.0 Å². The fraction of sp³-hybridized carbons (Fsp3) is 0.500. The van der Waals surface area contributed by atoms with E-state index < -0.39 is 0 Å². The Morgan fingerprint density at radius 2 is 1.65 bits per heavy atom. The molecule has 4 nitrogen and oxygen atoms in total. The minimum Gasteiger partial charge on any atom is -0.347 e. The zero-order valence-corrected chi connectivity index (χ0v) is 16.0. The number of nitrogens with zero attached hydrogens (tertiary/aromatic N) is 2. The summed E-state index contributed by atoms with van der Waals surface area (Å²) >= 11 is 0. The second kappa shape index (κ2) is 7.10. The van der Waals surface area contributed by atoms with E-state index in [1.807, 2.05) is 6.20 Å². The van der Waals surface area contributed by atoms with Crippen LogP contribution in [0.5, 0.6) is 0 Å². The fourth-order valence-corrected chi connectivity index (χ4v) is 4.01. The van der Waals surface area contributed by atoms with E-state index in [0.29, 0.717) is 0 Å². The van der Waals surface area contributed by atoms with E-state index in [0.717, 1.165) is 51.4 Å². The fourth-order valence-electron chi connectivity index (χ4n) is 4.01. The topological polar surface area (TPSA) is 34.6 Å². The first-order valence-corrected chi connectivity index (χ1v) is 9.58. The van der Waals surface area contributed by atoms with Crippen molar-refractivity contribution >= 4 is 0 Å². The van der Waals surface area contributed by atoms with Gasteiger partial charge in [-0.25, -0.2) is 0 Å². The van der Waals surface area contributed by atoms with Crippen LogP contribution >= 0.6 is 0 Å². The molecule has 0 N–H and O–H groups in total. The summed E-state index contributed by atoms with van der Waals surface area (Å²) in [6, 6.07) is 8.85. The molecule has 0 saturated carbocycles. The predicted octanol–water partition coefficient (Wildman–Crippen LogP) is 4.01. The van der Waals surface area contributed by atoms with Crippen molar-refractivity contribution < 1.29 is 9.47 Å². The Balaban J connectivity index is 1.47. The second-order valence-electron chi connectivity index (χ2n) is 7.67. The largest absolute Gasteiger partial charge is 0.347 e. The van der Waals surface area contributed by atoms with Gasteiger partial charge in [0.2, 0.25) is 0 Å².